The van der Waals surface area contributed by atoms with Crippen LogP contribution in [0.3, 0.4) is 0 Å². The van der Waals surface area contributed by atoms with Gasteiger partial charge < -0.3 is 19.2 Å². The highest BCUT2D eigenvalue weighted by Gasteiger charge is 2.52. The highest BCUT2D eigenvalue weighted by atomic mass is 16.7. The largest absolute Gasteiger partial charge is 0.496 e. The van der Waals surface area contributed by atoms with Crippen LogP contribution in [0.5, 0.6) is 5.75 Å². The second-order valence-corrected chi connectivity index (χ2v) is 8.79. The van der Waals surface area contributed by atoms with E-state index in [0.717, 1.165) is 15.9 Å². The van der Waals surface area contributed by atoms with Gasteiger partial charge >= 0.3 is 13.2 Å². The van der Waals surface area contributed by atoms with Gasteiger partial charge in [0, 0.05) is 12.0 Å². The molecule has 0 radical (unpaired) electrons. The van der Waals surface area contributed by atoms with Gasteiger partial charge in [0.05, 0.1) is 23.9 Å². The number of fused-ring (bicyclic) bond motifs is 1. The van der Waals surface area contributed by atoms with Gasteiger partial charge in [-0.2, -0.15) is 0 Å². The summed E-state index contributed by atoms with van der Waals surface area (Å²) in [6.07, 6.45) is -1.27. The summed E-state index contributed by atoms with van der Waals surface area (Å²) in [5, 5.41) is 9.40. The molecular weight excluding hydrogens is 349 g/mol. The first-order valence-corrected chi connectivity index (χ1v) is 8.93. The first kappa shape index (κ1) is 19.7. The molecule has 1 fully saturated rings. The van der Waals surface area contributed by atoms with E-state index in [1.54, 1.807) is 6.07 Å². The van der Waals surface area contributed by atoms with E-state index in [9.17, 15) is 14.7 Å². The van der Waals surface area contributed by atoms with Crippen LogP contribution in [0.2, 0.25) is 0 Å². The van der Waals surface area contributed by atoms with Crippen LogP contribution in [0, 0.1) is 0 Å². The zero-order valence-electron chi connectivity index (χ0n) is 16.9. The lowest BCUT2D eigenvalue weighted by molar-refractivity contribution is 0.00578. The Morgan fingerprint density at radius 2 is 1.70 bits per heavy atom. The van der Waals surface area contributed by atoms with Gasteiger partial charge in [0.15, 0.2) is 0 Å². The molecule has 1 N–H and O–H groups in total. The van der Waals surface area contributed by atoms with E-state index in [2.05, 4.69) is 0 Å². The van der Waals surface area contributed by atoms with E-state index >= 15 is 0 Å². The van der Waals surface area contributed by atoms with Crippen molar-refractivity contribution in [2.24, 2.45) is 0 Å². The fraction of sp³-hybridized carbons (Fsp3) is 0.579. The molecule has 0 atom stereocenters. The Morgan fingerprint density at radius 1 is 1.15 bits per heavy atom. The molecule has 2 aliphatic rings. The molecule has 3 rings (SSSR count). The van der Waals surface area contributed by atoms with Crippen molar-refractivity contribution in [2.45, 2.75) is 58.2 Å². The van der Waals surface area contributed by atoms with E-state index < -0.39 is 35.7 Å². The molecule has 0 saturated carbocycles. The third kappa shape index (κ3) is 3.01. The number of nitrogens with zero attached hydrogens (tertiary/aromatic N) is 1. The first-order valence-electron chi connectivity index (χ1n) is 8.93. The summed E-state index contributed by atoms with van der Waals surface area (Å²) in [6.45, 7) is 11.8. The van der Waals surface area contributed by atoms with Gasteiger partial charge in [0.1, 0.15) is 5.75 Å². The normalized spacial score (nSPS) is 22.6. The Bertz CT molecular complexity index is 801. The number of ether oxygens (including phenoxy) is 1. The number of rotatable bonds is 2. The van der Waals surface area contributed by atoms with Crippen molar-refractivity contribution in [2.75, 3.05) is 13.7 Å². The van der Waals surface area contributed by atoms with Crippen molar-refractivity contribution in [1.82, 2.24) is 4.90 Å². The fourth-order valence-electron chi connectivity index (χ4n) is 3.51. The number of imide groups is 1. The van der Waals surface area contributed by atoms with Crippen LogP contribution < -0.4 is 10.2 Å². The van der Waals surface area contributed by atoms with E-state index in [1.165, 1.54) is 7.11 Å². The molecule has 0 aliphatic carbocycles. The van der Waals surface area contributed by atoms with Crippen LogP contribution in [0.25, 0.3) is 0 Å². The predicted octanol–water partition coefficient (Wildman–Crippen LogP) is 2.41. The van der Waals surface area contributed by atoms with E-state index in [4.69, 9.17) is 14.0 Å². The Kier molecular flexibility index (Phi) is 4.36. The average molecular weight is 375 g/mol. The third-order valence-electron chi connectivity index (χ3n) is 5.84. The summed E-state index contributed by atoms with van der Waals surface area (Å²) in [5.41, 5.74) is 0.187. The minimum atomic E-state index is -1.27. The number of amides is 2. The van der Waals surface area contributed by atoms with Gasteiger partial charge in [0.25, 0.3) is 5.91 Å². The zero-order valence-corrected chi connectivity index (χ0v) is 16.9. The lowest BCUT2D eigenvalue weighted by Crippen LogP contribution is -2.50. The van der Waals surface area contributed by atoms with Crippen LogP contribution in [-0.2, 0) is 14.7 Å². The summed E-state index contributed by atoms with van der Waals surface area (Å²) < 4.78 is 17.7. The Hall–Kier alpha value is -2.06. The number of carboxylic acid groups (broad SMARTS) is 1. The molecule has 1 aromatic carbocycles. The van der Waals surface area contributed by atoms with E-state index in [0.29, 0.717) is 5.75 Å². The smallest absolute Gasteiger partial charge is 0.494 e. The number of carbonyl (C=O) groups is 2. The summed E-state index contributed by atoms with van der Waals surface area (Å²) >= 11 is 0. The van der Waals surface area contributed by atoms with Crippen molar-refractivity contribution in [3.8, 4) is 5.75 Å². The van der Waals surface area contributed by atoms with Gasteiger partial charge in [-0.3, -0.25) is 4.79 Å². The monoisotopic (exact) mass is 375 g/mol. The maximum Gasteiger partial charge on any atom is 0.494 e. The summed E-state index contributed by atoms with van der Waals surface area (Å²) in [6, 6.07) is 3.57. The van der Waals surface area contributed by atoms with Gasteiger partial charge in [-0.15, -0.1) is 0 Å². The second-order valence-electron chi connectivity index (χ2n) is 8.79. The van der Waals surface area contributed by atoms with Gasteiger partial charge in [0.2, 0.25) is 0 Å². The highest BCUT2D eigenvalue weighted by molar-refractivity contribution is 6.62. The number of benzene rings is 1. The Morgan fingerprint density at radius 3 is 2.19 bits per heavy atom. The molecule has 1 saturated heterocycles. The molecule has 7 nitrogen and oxygen atoms in total. The molecule has 2 aliphatic heterocycles. The number of carbonyl (C=O) groups excluding carboxylic acids is 1. The zero-order chi connectivity index (χ0) is 20.4. The first-order chi connectivity index (χ1) is 12.3. The minimum Gasteiger partial charge on any atom is -0.496 e. The lowest BCUT2D eigenvalue weighted by Gasteiger charge is -2.38. The Labute approximate surface area is 159 Å². The lowest BCUT2D eigenvalue weighted by atomic mass is 9.71. The number of methoxy groups -OCH3 is 1. The van der Waals surface area contributed by atoms with Crippen LogP contribution in [0.15, 0.2) is 12.1 Å². The minimum absolute atomic E-state index is 0.0736. The van der Waals surface area contributed by atoms with Crippen molar-refractivity contribution in [1.29, 1.82) is 0 Å². The molecule has 0 aromatic heterocycles. The second kappa shape index (κ2) is 5.97. The van der Waals surface area contributed by atoms with Gasteiger partial charge in [-0.1, -0.05) is 19.9 Å². The van der Waals surface area contributed by atoms with Crippen molar-refractivity contribution in [3.63, 3.8) is 0 Å². The summed E-state index contributed by atoms with van der Waals surface area (Å²) in [5.74, 6) is -0.254. The molecule has 0 bridgehead atoms. The maximum absolute atomic E-state index is 12.8. The SMILES string of the molecule is COc1cc(B2OC(C)(C)C(C)(C)O2)cc2c1C(=O)N(C(=O)O)CC2(C)C. The van der Waals surface area contributed by atoms with Crippen LogP contribution in [0.4, 0.5) is 4.79 Å². The molecular formula is C19H26BNO6. The highest BCUT2D eigenvalue weighted by Crippen LogP contribution is 2.40. The molecule has 0 unspecified atom stereocenters. The fourth-order valence-corrected chi connectivity index (χ4v) is 3.51. The molecule has 1 aromatic rings. The third-order valence-corrected chi connectivity index (χ3v) is 5.84. The van der Waals surface area contributed by atoms with E-state index in [1.807, 2.05) is 47.6 Å². The van der Waals surface area contributed by atoms with Gasteiger partial charge in [-0.05, 0) is 44.8 Å². The number of hydrogen-bond donors (Lipinski definition) is 1. The van der Waals surface area contributed by atoms with Crippen LogP contribution >= 0.6 is 0 Å². The van der Waals surface area contributed by atoms with Crippen LogP contribution in [-0.4, -0.2) is 54.0 Å². The quantitative estimate of drug-likeness (QED) is 0.799. The Balaban J connectivity index is 2.13. The molecule has 2 heterocycles. The topological polar surface area (TPSA) is 85.3 Å². The van der Waals surface area contributed by atoms with Crippen molar-refractivity contribution < 1.29 is 28.7 Å². The standard InChI is InChI=1S/C19H26BNO6/c1-17(2)10-21(16(23)24)15(22)14-12(17)8-11(9-13(14)25-7)20-26-18(3,4)19(5,6)27-20/h8-9H,10H2,1-7H3,(H,23,24). The molecule has 27 heavy (non-hydrogen) atoms. The molecule has 2 amide bonds. The summed E-state index contributed by atoms with van der Waals surface area (Å²) in [4.78, 5) is 25.1. The van der Waals surface area contributed by atoms with Crippen molar-refractivity contribution >= 4 is 24.6 Å². The van der Waals surface area contributed by atoms with Crippen molar-refractivity contribution in [3.05, 3.63) is 23.3 Å². The molecule has 146 valence electrons. The van der Waals surface area contributed by atoms with Gasteiger partial charge in [-0.25, -0.2) is 9.69 Å². The molecule has 8 heteroatoms. The predicted molar refractivity (Wildman–Crippen MR) is 101 cm³/mol. The van der Waals surface area contributed by atoms with E-state index in [-0.39, 0.29) is 12.1 Å². The summed E-state index contributed by atoms with van der Waals surface area (Å²) in [7, 11) is 0.862. The average Bonchev–Trinajstić information content (AvgIpc) is 2.77. The van der Waals surface area contributed by atoms with Crippen LogP contribution in [0.1, 0.15) is 57.5 Å². The number of hydrogen-bond acceptors (Lipinski definition) is 5. The molecule has 0 spiro atoms. The maximum atomic E-state index is 12.8.